The molecule has 3 nitrogen and oxygen atoms in total. The number of carbonyl (C=O) groups excluding carboxylic acids is 1. The van der Waals surface area contributed by atoms with Crippen LogP contribution in [-0.2, 0) is 11.3 Å². The van der Waals surface area contributed by atoms with Gasteiger partial charge in [-0.2, -0.15) is 4.99 Å². The van der Waals surface area contributed by atoms with Gasteiger partial charge in [0.25, 0.3) is 5.91 Å². The van der Waals surface area contributed by atoms with E-state index in [1.807, 2.05) is 34.9 Å². The van der Waals surface area contributed by atoms with E-state index < -0.39 is 0 Å². The highest BCUT2D eigenvalue weighted by Gasteiger charge is 2.09. The second kappa shape index (κ2) is 7.73. The number of carbonyl (C=O) groups is 1. The van der Waals surface area contributed by atoms with Gasteiger partial charge < -0.3 is 4.57 Å². The molecule has 1 amide bonds. The highest BCUT2D eigenvalue weighted by atomic mass is 32.2. The quantitative estimate of drug-likeness (QED) is 0.513. The van der Waals surface area contributed by atoms with Gasteiger partial charge in [-0.3, -0.25) is 4.79 Å². The van der Waals surface area contributed by atoms with Gasteiger partial charge in [-0.1, -0.05) is 35.5 Å². The van der Waals surface area contributed by atoms with E-state index in [1.54, 1.807) is 0 Å². The number of thioether (sulfide) groups is 1. The molecule has 2 aromatic carbocycles. The Labute approximate surface area is 155 Å². The zero-order valence-corrected chi connectivity index (χ0v) is 15.8. The highest BCUT2D eigenvalue weighted by Crippen LogP contribution is 2.22. The molecule has 0 N–H and O–H groups in total. The Morgan fingerprint density at radius 2 is 1.96 bits per heavy atom. The average molecular weight is 367 g/mol. The van der Waals surface area contributed by atoms with Crippen LogP contribution < -0.4 is 4.80 Å². The maximum Gasteiger partial charge on any atom is 0.258 e. The van der Waals surface area contributed by atoms with Crippen LogP contribution in [0.4, 0.5) is 0 Å². The van der Waals surface area contributed by atoms with E-state index in [0.29, 0.717) is 17.1 Å². The minimum Gasteiger partial charge on any atom is -0.305 e. The lowest BCUT2D eigenvalue weighted by Crippen LogP contribution is -2.17. The molecule has 0 aliphatic heterocycles. The monoisotopic (exact) mass is 366 g/mol. The minimum absolute atomic E-state index is 0.153. The number of thiazole rings is 1. The van der Waals surface area contributed by atoms with Gasteiger partial charge in [0.05, 0.1) is 22.5 Å². The molecule has 126 valence electrons. The molecule has 0 saturated carbocycles. The Bertz CT molecular complexity index is 1020. The van der Waals surface area contributed by atoms with Crippen molar-refractivity contribution in [2.45, 2.75) is 25.3 Å². The fourth-order valence-corrected chi connectivity index (χ4v) is 4.28. The van der Waals surface area contributed by atoms with Crippen LogP contribution in [0.1, 0.15) is 11.1 Å². The summed E-state index contributed by atoms with van der Waals surface area (Å²) >= 11 is 3.00. The molecule has 1 aromatic heterocycles. The van der Waals surface area contributed by atoms with E-state index in [0.717, 1.165) is 15.1 Å². The molecule has 0 radical (unpaired) electrons. The maximum atomic E-state index is 12.3. The topological polar surface area (TPSA) is 34.4 Å². The molecule has 25 heavy (non-hydrogen) atoms. The third kappa shape index (κ3) is 4.04. The van der Waals surface area contributed by atoms with Crippen LogP contribution in [0, 0.1) is 26.2 Å². The largest absolute Gasteiger partial charge is 0.305 e. The van der Waals surface area contributed by atoms with Crippen LogP contribution in [-0.4, -0.2) is 16.2 Å². The highest BCUT2D eigenvalue weighted by molar-refractivity contribution is 8.00. The van der Waals surface area contributed by atoms with Crippen LogP contribution in [0.3, 0.4) is 0 Å². The number of hydrogen-bond acceptors (Lipinski definition) is 3. The minimum atomic E-state index is -0.153. The lowest BCUT2D eigenvalue weighted by atomic mass is 10.1. The number of hydrogen-bond donors (Lipinski definition) is 0. The summed E-state index contributed by atoms with van der Waals surface area (Å²) in [6.45, 7) is 4.56. The zero-order chi connectivity index (χ0) is 17.8. The van der Waals surface area contributed by atoms with Gasteiger partial charge in [0.15, 0.2) is 4.80 Å². The Kier molecular flexibility index (Phi) is 5.42. The Hall–Kier alpha value is -2.29. The second-order valence-electron chi connectivity index (χ2n) is 5.69. The SMILES string of the molecule is C#CCn1c(=NC(=O)CSc2ccccc2)sc2cc(C)c(C)cc21. The summed E-state index contributed by atoms with van der Waals surface area (Å²) in [6, 6.07) is 14.1. The van der Waals surface area contributed by atoms with Gasteiger partial charge in [-0.05, 0) is 49.2 Å². The van der Waals surface area contributed by atoms with Crippen molar-refractivity contribution in [2.75, 3.05) is 5.75 Å². The Morgan fingerprint density at radius 3 is 2.68 bits per heavy atom. The number of terminal acetylenes is 1. The van der Waals surface area contributed by atoms with Gasteiger partial charge in [0, 0.05) is 4.90 Å². The molecular formula is C20H18N2OS2. The van der Waals surface area contributed by atoms with E-state index in [1.165, 1.54) is 34.2 Å². The first-order valence-corrected chi connectivity index (χ1v) is 9.68. The number of amides is 1. The first-order chi connectivity index (χ1) is 12.1. The summed E-state index contributed by atoms with van der Waals surface area (Å²) in [7, 11) is 0. The summed E-state index contributed by atoms with van der Waals surface area (Å²) < 4.78 is 3.04. The van der Waals surface area contributed by atoms with E-state index in [4.69, 9.17) is 6.42 Å². The van der Waals surface area contributed by atoms with Crippen molar-refractivity contribution in [1.29, 1.82) is 0 Å². The van der Waals surface area contributed by atoms with Gasteiger partial charge in [-0.25, -0.2) is 0 Å². The van der Waals surface area contributed by atoms with Gasteiger partial charge in [-0.15, -0.1) is 18.2 Å². The summed E-state index contributed by atoms with van der Waals surface area (Å²) in [5.74, 6) is 2.82. The molecule has 0 bridgehead atoms. The fraction of sp³-hybridized carbons (Fsp3) is 0.200. The van der Waals surface area contributed by atoms with Crippen molar-refractivity contribution in [1.82, 2.24) is 4.57 Å². The third-order valence-corrected chi connectivity index (χ3v) is 5.91. The van der Waals surface area contributed by atoms with Gasteiger partial charge in [0.2, 0.25) is 0 Å². The predicted octanol–water partition coefficient (Wildman–Crippen LogP) is 4.17. The van der Waals surface area contributed by atoms with E-state index >= 15 is 0 Å². The van der Waals surface area contributed by atoms with Crippen molar-refractivity contribution in [2.24, 2.45) is 4.99 Å². The molecule has 1 heterocycles. The molecule has 0 unspecified atom stereocenters. The van der Waals surface area contributed by atoms with Crippen molar-refractivity contribution < 1.29 is 4.79 Å². The number of aryl methyl sites for hydroxylation is 2. The molecule has 0 spiro atoms. The lowest BCUT2D eigenvalue weighted by Gasteiger charge is -2.03. The average Bonchev–Trinajstić information content (AvgIpc) is 2.91. The summed E-state index contributed by atoms with van der Waals surface area (Å²) in [5.41, 5.74) is 3.46. The smallest absolute Gasteiger partial charge is 0.258 e. The van der Waals surface area contributed by atoms with Crippen molar-refractivity contribution in [3.63, 3.8) is 0 Å². The number of aromatic nitrogens is 1. The van der Waals surface area contributed by atoms with Crippen LogP contribution in [0.5, 0.6) is 0 Å². The first kappa shape index (κ1) is 17.5. The summed E-state index contributed by atoms with van der Waals surface area (Å²) in [4.78, 5) is 18.3. The predicted molar refractivity (Wildman–Crippen MR) is 106 cm³/mol. The standard InChI is InChI=1S/C20H18N2OS2/c1-4-10-22-17-11-14(2)15(3)12-18(17)25-20(22)21-19(23)13-24-16-8-6-5-7-9-16/h1,5-9,11-12H,10,13H2,2-3H3. The van der Waals surface area contributed by atoms with Crippen LogP contribution in [0.25, 0.3) is 10.2 Å². The lowest BCUT2D eigenvalue weighted by molar-refractivity contribution is -0.115. The maximum absolute atomic E-state index is 12.3. The van der Waals surface area contributed by atoms with Crippen molar-refractivity contribution in [3.05, 3.63) is 58.4 Å². The zero-order valence-electron chi connectivity index (χ0n) is 14.2. The normalized spacial score (nSPS) is 11.6. The molecule has 0 aliphatic carbocycles. The number of nitrogens with zero attached hydrogens (tertiary/aromatic N) is 2. The van der Waals surface area contributed by atoms with Crippen LogP contribution in [0.2, 0.25) is 0 Å². The summed E-state index contributed by atoms with van der Waals surface area (Å²) in [5, 5.41) is 0. The first-order valence-electron chi connectivity index (χ1n) is 7.88. The van der Waals surface area contributed by atoms with Crippen molar-refractivity contribution >= 4 is 39.2 Å². The molecule has 0 saturated heterocycles. The molecule has 3 rings (SSSR count). The number of fused-ring (bicyclic) bond motifs is 1. The number of rotatable bonds is 4. The molecular weight excluding hydrogens is 348 g/mol. The molecule has 3 aromatic rings. The third-order valence-electron chi connectivity index (χ3n) is 3.87. The Morgan fingerprint density at radius 1 is 1.24 bits per heavy atom. The van der Waals surface area contributed by atoms with E-state index in [2.05, 4.69) is 36.9 Å². The number of benzene rings is 2. The second-order valence-corrected chi connectivity index (χ2v) is 7.74. The summed E-state index contributed by atoms with van der Waals surface area (Å²) in [6.07, 6.45) is 5.52. The van der Waals surface area contributed by atoms with Gasteiger partial charge >= 0.3 is 0 Å². The van der Waals surface area contributed by atoms with E-state index in [9.17, 15) is 4.79 Å². The molecule has 5 heteroatoms. The van der Waals surface area contributed by atoms with Crippen LogP contribution >= 0.6 is 23.1 Å². The molecule has 0 aliphatic rings. The Balaban J connectivity index is 1.93. The van der Waals surface area contributed by atoms with Crippen LogP contribution in [0.15, 0.2) is 52.4 Å². The van der Waals surface area contributed by atoms with E-state index in [-0.39, 0.29) is 5.91 Å². The molecule has 0 atom stereocenters. The van der Waals surface area contributed by atoms with Gasteiger partial charge in [0.1, 0.15) is 0 Å². The fourth-order valence-electron chi connectivity index (χ4n) is 2.45. The molecule has 0 fully saturated rings. The van der Waals surface area contributed by atoms with Crippen molar-refractivity contribution in [3.8, 4) is 12.3 Å².